The number of carbonyl (C=O) groups excluding carboxylic acids is 1. The molecule has 0 aliphatic carbocycles. The molecule has 1 atom stereocenters. The molecule has 1 aromatic rings. The van der Waals surface area contributed by atoms with Gasteiger partial charge < -0.3 is 10.4 Å². The summed E-state index contributed by atoms with van der Waals surface area (Å²) in [5.41, 5.74) is 1.55. The van der Waals surface area contributed by atoms with E-state index in [1.54, 1.807) is 12.1 Å². The number of carbonyl (C=O) groups is 2. The Kier molecular flexibility index (Phi) is 7.32. The first kappa shape index (κ1) is 19.7. The average Bonchev–Trinajstić information content (AvgIpc) is 2.51. The number of halogens is 2. The lowest BCUT2D eigenvalue weighted by Gasteiger charge is -2.33. The van der Waals surface area contributed by atoms with E-state index in [0.29, 0.717) is 36.6 Å². The number of nitrogens with zero attached hydrogens (tertiary/aromatic N) is 1. The molecule has 0 radical (unpaired) electrons. The first-order valence-corrected chi connectivity index (χ1v) is 7.80. The van der Waals surface area contributed by atoms with Gasteiger partial charge in [0, 0.05) is 10.7 Å². The summed E-state index contributed by atoms with van der Waals surface area (Å²) >= 11 is 6.05. The summed E-state index contributed by atoms with van der Waals surface area (Å²) < 4.78 is 0. The number of hydrogen-bond donors (Lipinski definition) is 2. The highest BCUT2D eigenvalue weighted by molar-refractivity contribution is 6.31. The Balaban J connectivity index is 0.00000264. The fourth-order valence-electron chi connectivity index (χ4n) is 2.68. The van der Waals surface area contributed by atoms with Crippen molar-refractivity contribution in [2.75, 3.05) is 18.4 Å². The van der Waals surface area contributed by atoms with Crippen molar-refractivity contribution in [3.8, 4) is 0 Å². The summed E-state index contributed by atoms with van der Waals surface area (Å²) in [5, 5.41) is 12.5. The van der Waals surface area contributed by atoms with Gasteiger partial charge in [0.05, 0.1) is 12.0 Å². The molecule has 1 aliphatic rings. The minimum absolute atomic E-state index is 0. The van der Waals surface area contributed by atoms with Crippen LogP contribution in [0, 0.1) is 12.8 Å². The summed E-state index contributed by atoms with van der Waals surface area (Å²) in [4.78, 5) is 25.4. The second-order valence-corrected chi connectivity index (χ2v) is 6.13. The van der Waals surface area contributed by atoms with Crippen LogP contribution in [0.1, 0.15) is 25.3 Å². The molecule has 5 nitrogen and oxygen atoms in total. The summed E-state index contributed by atoms with van der Waals surface area (Å²) in [7, 11) is 0. The fourth-order valence-corrected chi connectivity index (χ4v) is 2.85. The molecule has 1 heterocycles. The van der Waals surface area contributed by atoms with E-state index in [4.69, 9.17) is 16.7 Å². The molecule has 1 saturated heterocycles. The zero-order chi connectivity index (χ0) is 16.3. The number of carboxylic acid groups (broad SMARTS) is 1. The summed E-state index contributed by atoms with van der Waals surface area (Å²) in [6, 6.07) is 5.11. The second kappa shape index (κ2) is 8.52. The van der Waals surface area contributed by atoms with Crippen molar-refractivity contribution in [3.63, 3.8) is 0 Å². The summed E-state index contributed by atoms with van der Waals surface area (Å²) in [5.74, 6) is -1.13. The molecular formula is C16H22Cl2N2O3. The van der Waals surface area contributed by atoms with Gasteiger partial charge in [0.1, 0.15) is 0 Å². The molecule has 0 spiro atoms. The highest BCUT2D eigenvalue weighted by Crippen LogP contribution is 2.24. The van der Waals surface area contributed by atoms with Gasteiger partial charge in [-0.05, 0) is 57.5 Å². The predicted octanol–water partition coefficient (Wildman–Crippen LogP) is 3.19. The number of piperidine rings is 1. The molecule has 2 N–H and O–H groups in total. The smallest absolute Gasteiger partial charge is 0.306 e. The lowest BCUT2D eigenvalue weighted by atomic mass is 9.96. The van der Waals surface area contributed by atoms with Crippen LogP contribution in [-0.2, 0) is 9.59 Å². The summed E-state index contributed by atoms with van der Waals surface area (Å²) in [6.45, 7) is 4.96. The van der Waals surface area contributed by atoms with Gasteiger partial charge in [-0.1, -0.05) is 17.7 Å². The number of amides is 1. The lowest BCUT2D eigenvalue weighted by Crippen LogP contribution is -2.47. The van der Waals surface area contributed by atoms with Gasteiger partial charge in [-0.25, -0.2) is 0 Å². The zero-order valence-corrected chi connectivity index (χ0v) is 14.8. The maximum absolute atomic E-state index is 12.4. The van der Waals surface area contributed by atoms with E-state index >= 15 is 0 Å². The number of hydrogen-bond acceptors (Lipinski definition) is 3. The molecular weight excluding hydrogens is 339 g/mol. The number of anilines is 1. The third-order valence-electron chi connectivity index (χ3n) is 4.33. The van der Waals surface area contributed by atoms with E-state index in [1.807, 2.05) is 24.8 Å². The quantitative estimate of drug-likeness (QED) is 0.864. The monoisotopic (exact) mass is 360 g/mol. The van der Waals surface area contributed by atoms with Crippen LogP contribution < -0.4 is 5.32 Å². The van der Waals surface area contributed by atoms with Crippen LogP contribution in [0.25, 0.3) is 0 Å². The Labute approximate surface area is 147 Å². The topological polar surface area (TPSA) is 69.6 Å². The highest BCUT2D eigenvalue weighted by Gasteiger charge is 2.29. The summed E-state index contributed by atoms with van der Waals surface area (Å²) in [6.07, 6.45) is 1.17. The van der Waals surface area contributed by atoms with E-state index in [9.17, 15) is 9.59 Å². The van der Waals surface area contributed by atoms with Gasteiger partial charge >= 0.3 is 5.97 Å². The average molecular weight is 361 g/mol. The molecule has 1 unspecified atom stereocenters. The molecule has 7 heteroatoms. The van der Waals surface area contributed by atoms with Crippen LogP contribution in [0.3, 0.4) is 0 Å². The van der Waals surface area contributed by atoms with E-state index in [-0.39, 0.29) is 30.3 Å². The van der Waals surface area contributed by atoms with Gasteiger partial charge in [0.25, 0.3) is 0 Å². The zero-order valence-electron chi connectivity index (χ0n) is 13.2. The Morgan fingerprint density at radius 1 is 1.35 bits per heavy atom. The van der Waals surface area contributed by atoms with Crippen molar-refractivity contribution < 1.29 is 14.7 Å². The number of benzene rings is 1. The maximum Gasteiger partial charge on any atom is 0.306 e. The van der Waals surface area contributed by atoms with Gasteiger partial charge in [-0.3, -0.25) is 14.5 Å². The van der Waals surface area contributed by atoms with Crippen LogP contribution in [0.5, 0.6) is 0 Å². The number of nitrogens with one attached hydrogen (secondary N) is 1. The Morgan fingerprint density at radius 2 is 1.96 bits per heavy atom. The Hall–Kier alpha value is -1.30. The van der Waals surface area contributed by atoms with E-state index in [0.717, 1.165) is 5.56 Å². The number of aliphatic carboxylic acids is 1. The van der Waals surface area contributed by atoms with Crippen molar-refractivity contribution in [2.45, 2.75) is 32.7 Å². The SMILES string of the molecule is Cc1c(Cl)cccc1NC(=O)C(C)N1CCC(C(=O)O)CC1.Cl. The largest absolute Gasteiger partial charge is 0.481 e. The maximum atomic E-state index is 12.4. The van der Waals surface area contributed by atoms with Gasteiger partial charge in [0.2, 0.25) is 5.91 Å². The van der Waals surface area contributed by atoms with Gasteiger partial charge in [-0.15, -0.1) is 12.4 Å². The van der Waals surface area contributed by atoms with Crippen molar-refractivity contribution in [1.29, 1.82) is 0 Å². The van der Waals surface area contributed by atoms with Crippen molar-refractivity contribution >= 4 is 41.6 Å². The van der Waals surface area contributed by atoms with Gasteiger partial charge in [-0.2, -0.15) is 0 Å². The van der Waals surface area contributed by atoms with E-state index in [2.05, 4.69) is 5.32 Å². The molecule has 1 aromatic carbocycles. The van der Waals surface area contributed by atoms with E-state index < -0.39 is 5.97 Å². The molecule has 0 aromatic heterocycles. The fraction of sp³-hybridized carbons (Fsp3) is 0.500. The van der Waals surface area contributed by atoms with Crippen molar-refractivity contribution in [3.05, 3.63) is 28.8 Å². The third kappa shape index (κ3) is 4.83. The molecule has 1 aliphatic heterocycles. The normalized spacial score (nSPS) is 17.2. The van der Waals surface area contributed by atoms with Crippen molar-refractivity contribution in [1.82, 2.24) is 4.90 Å². The Bertz CT molecular complexity index is 572. The molecule has 1 fully saturated rings. The molecule has 23 heavy (non-hydrogen) atoms. The highest BCUT2D eigenvalue weighted by atomic mass is 35.5. The second-order valence-electron chi connectivity index (χ2n) is 5.73. The van der Waals surface area contributed by atoms with Crippen LogP contribution in [-0.4, -0.2) is 41.0 Å². The lowest BCUT2D eigenvalue weighted by molar-refractivity contribution is -0.143. The number of rotatable bonds is 4. The molecule has 1 amide bonds. The minimum Gasteiger partial charge on any atom is -0.481 e. The first-order chi connectivity index (χ1) is 10.4. The van der Waals surface area contributed by atoms with Crippen LogP contribution >= 0.6 is 24.0 Å². The van der Waals surface area contributed by atoms with Gasteiger partial charge in [0.15, 0.2) is 0 Å². The van der Waals surface area contributed by atoms with Crippen LogP contribution in [0.15, 0.2) is 18.2 Å². The number of carboxylic acids is 1. The first-order valence-electron chi connectivity index (χ1n) is 7.43. The third-order valence-corrected chi connectivity index (χ3v) is 4.74. The van der Waals surface area contributed by atoms with Crippen LogP contribution in [0.4, 0.5) is 5.69 Å². The Morgan fingerprint density at radius 3 is 2.52 bits per heavy atom. The standard InChI is InChI=1S/C16H21ClN2O3.ClH/c1-10-13(17)4-3-5-14(10)18-15(20)11(2)19-8-6-12(7-9-19)16(21)22;/h3-5,11-12H,6-9H2,1-2H3,(H,18,20)(H,21,22);1H. The minimum atomic E-state index is -0.744. The van der Waals surface area contributed by atoms with Crippen molar-refractivity contribution in [2.24, 2.45) is 5.92 Å². The molecule has 128 valence electrons. The molecule has 0 bridgehead atoms. The molecule has 0 saturated carbocycles. The van der Waals surface area contributed by atoms with Crippen LogP contribution in [0.2, 0.25) is 5.02 Å². The number of likely N-dealkylation sites (tertiary alicyclic amines) is 1. The molecule has 2 rings (SSSR count). The van der Waals surface area contributed by atoms with E-state index in [1.165, 1.54) is 0 Å². The predicted molar refractivity (Wildman–Crippen MR) is 93.5 cm³/mol.